The zero-order valence-corrected chi connectivity index (χ0v) is 15.6. The molecule has 2 aromatic carbocycles. The second-order valence-corrected chi connectivity index (χ2v) is 5.72. The van der Waals surface area contributed by atoms with Gasteiger partial charge in [-0.3, -0.25) is 4.79 Å². The molecule has 1 amide bonds. The zero-order valence-electron chi connectivity index (χ0n) is 14.0. The standard InChI is InChI=1S/C18H19BrN2O4/c1-3-24-18-15(19)9-13(10-16(18)23-2)11-20-21-17(22)12-25-14-7-5-4-6-8-14/h4-11H,3,12H2,1-2H3,(H,21,22)/b20-11+. The Bertz CT molecular complexity index is 735. The lowest BCUT2D eigenvalue weighted by atomic mass is 10.2. The maximum Gasteiger partial charge on any atom is 0.277 e. The summed E-state index contributed by atoms with van der Waals surface area (Å²) in [7, 11) is 1.56. The maximum atomic E-state index is 11.7. The van der Waals surface area contributed by atoms with E-state index in [2.05, 4.69) is 26.5 Å². The summed E-state index contributed by atoms with van der Waals surface area (Å²) in [6.07, 6.45) is 1.52. The van der Waals surface area contributed by atoms with E-state index in [0.29, 0.717) is 23.9 Å². The number of rotatable bonds is 8. The Kier molecular flexibility index (Phi) is 7.28. The summed E-state index contributed by atoms with van der Waals surface area (Å²) in [5.74, 6) is 1.48. The molecular weight excluding hydrogens is 388 g/mol. The topological polar surface area (TPSA) is 69.2 Å². The van der Waals surface area contributed by atoms with Crippen molar-refractivity contribution in [2.75, 3.05) is 20.3 Å². The normalized spacial score (nSPS) is 10.5. The summed E-state index contributed by atoms with van der Waals surface area (Å²) in [5.41, 5.74) is 3.16. The summed E-state index contributed by atoms with van der Waals surface area (Å²) in [4.78, 5) is 11.7. The number of methoxy groups -OCH3 is 1. The summed E-state index contributed by atoms with van der Waals surface area (Å²) in [6, 6.07) is 12.7. The van der Waals surface area contributed by atoms with Crippen LogP contribution in [-0.4, -0.2) is 32.4 Å². The lowest BCUT2D eigenvalue weighted by Gasteiger charge is -2.11. The van der Waals surface area contributed by atoms with Crippen LogP contribution >= 0.6 is 15.9 Å². The van der Waals surface area contributed by atoms with Gasteiger partial charge < -0.3 is 14.2 Å². The van der Waals surface area contributed by atoms with Gasteiger partial charge in [-0.1, -0.05) is 18.2 Å². The Hall–Kier alpha value is -2.54. The average molecular weight is 407 g/mol. The molecule has 0 spiro atoms. The van der Waals surface area contributed by atoms with Gasteiger partial charge in [-0.25, -0.2) is 5.43 Å². The number of ether oxygens (including phenoxy) is 3. The molecule has 0 radical (unpaired) electrons. The average Bonchev–Trinajstić information content (AvgIpc) is 2.63. The van der Waals surface area contributed by atoms with Gasteiger partial charge in [-0.2, -0.15) is 5.10 Å². The first-order valence-electron chi connectivity index (χ1n) is 7.64. The number of hydrogen-bond acceptors (Lipinski definition) is 5. The minimum absolute atomic E-state index is 0.113. The molecule has 1 N–H and O–H groups in total. The van der Waals surface area contributed by atoms with Crippen molar-refractivity contribution < 1.29 is 19.0 Å². The number of para-hydroxylation sites is 1. The predicted molar refractivity (Wildman–Crippen MR) is 99.5 cm³/mol. The van der Waals surface area contributed by atoms with E-state index < -0.39 is 0 Å². The Morgan fingerprint density at radius 1 is 1.24 bits per heavy atom. The zero-order chi connectivity index (χ0) is 18.1. The van der Waals surface area contributed by atoms with Gasteiger partial charge in [0.25, 0.3) is 5.91 Å². The Balaban J connectivity index is 1.92. The molecule has 2 aromatic rings. The summed E-state index contributed by atoms with van der Waals surface area (Å²) in [6.45, 7) is 2.31. The van der Waals surface area contributed by atoms with Gasteiger partial charge in [0.15, 0.2) is 18.1 Å². The van der Waals surface area contributed by atoms with E-state index in [4.69, 9.17) is 14.2 Å². The first kappa shape index (κ1) is 18.8. The van der Waals surface area contributed by atoms with E-state index in [1.807, 2.05) is 31.2 Å². The fraction of sp³-hybridized carbons (Fsp3) is 0.222. The Morgan fingerprint density at radius 2 is 2.00 bits per heavy atom. The molecule has 0 saturated carbocycles. The molecule has 0 aliphatic carbocycles. The number of hydrogen-bond donors (Lipinski definition) is 1. The van der Waals surface area contributed by atoms with Crippen LogP contribution in [-0.2, 0) is 4.79 Å². The summed E-state index contributed by atoms with van der Waals surface area (Å²) in [5, 5.41) is 3.92. The van der Waals surface area contributed by atoms with E-state index in [1.165, 1.54) is 6.21 Å². The first-order valence-corrected chi connectivity index (χ1v) is 8.43. The van der Waals surface area contributed by atoms with Crippen LogP contribution in [0.1, 0.15) is 12.5 Å². The van der Waals surface area contributed by atoms with Crippen LogP contribution in [0.5, 0.6) is 17.2 Å². The third-order valence-corrected chi connectivity index (χ3v) is 3.65. The predicted octanol–water partition coefficient (Wildman–Crippen LogP) is 3.39. The van der Waals surface area contributed by atoms with Crippen LogP contribution in [0.2, 0.25) is 0 Å². The molecule has 0 aliphatic rings. The van der Waals surface area contributed by atoms with Crippen molar-refractivity contribution >= 4 is 28.1 Å². The van der Waals surface area contributed by atoms with Crippen molar-refractivity contribution in [3.63, 3.8) is 0 Å². The molecule has 2 rings (SSSR count). The van der Waals surface area contributed by atoms with Crippen LogP contribution < -0.4 is 19.6 Å². The molecule has 0 bridgehead atoms. The molecule has 6 nitrogen and oxygen atoms in total. The second kappa shape index (κ2) is 9.68. The number of nitrogens with one attached hydrogen (secondary N) is 1. The van der Waals surface area contributed by atoms with Crippen LogP contribution in [0.4, 0.5) is 0 Å². The number of amides is 1. The van der Waals surface area contributed by atoms with Crippen molar-refractivity contribution in [2.24, 2.45) is 5.10 Å². The minimum atomic E-state index is -0.350. The molecular formula is C18H19BrN2O4. The molecule has 0 aromatic heterocycles. The highest BCUT2D eigenvalue weighted by Crippen LogP contribution is 2.36. The quantitative estimate of drug-likeness (QED) is 0.538. The van der Waals surface area contributed by atoms with Crippen molar-refractivity contribution in [1.29, 1.82) is 0 Å². The Labute approximate surface area is 154 Å². The first-order chi connectivity index (χ1) is 12.1. The van der Waals surface area contributed by atoms with Gasteiger partial charge in [0.05, 0.1) is 24.4 Å². The number of hydrazone groups is 1. The molecule has 0 heterocycles. The molecule has 132 valence electrons. The van der Waals surface area contributed by atoms with Crippen molar-refractivity contribution in [3.05, 3.63) is 52.5 Å². The number of halogens is 1. The van der Waals surface area contributed by atoms with E-state index in [-0.39, 0.29) is 12.5 Å². The minimum Gasteiger partial charge on any atom is -0.493 e. The number of carbonyl (C=O) groups is 1. The molecule has 0 unspecified atom stereocenters. The van der Waals surface area contributed by atoms with Gasteiger partial charge >= 0.3 is 0 Å². The third kappa shape index (κ3) is 5.79. The number of benzene rings is 2. The molecule has 0 fully saturated rings. The molecule has 25 heavy (non-hydrogen) atoms. The van der Waals surface area contributed by atoms with Gasteiger partial charge in [0, 0.05) is 0 Å². The fourth-order valence-electron chi connectivity index (χ4n) is 1.98. The number of carbonyl (C=O) groups excluding carboxylic acids is 1. The summed E-state index contributed by atoms with van der Waals surface area (Å²) >= 11 is 3.44. The van der Waals surface area contributed by atoms with Crippen LogP contribution in [0.15, 0.2) is 52.0 Å². The molecule has 0 aliphatic heterocycles. The van der Waals surface area contributed by atoms with E-state index in [1.54, 1.807) is 25.3 Å². The monoisotopic (exact) mass is 406 g/mol. The van der Waals surface area contributed by atoms with E-state index in [0.717, 1.165) is 10.0 Å². The molecule has 0 saturated heterocycles. The molecule has 0 atom stereocenters. The highest BCUT2D eigenvalue weighted by atomic mass is 79.9. The van der Waals surface area contributed by atoms with Crippen LogP contribution in [0, 0.1) is 0 Å². The van der Waals surface area contributed by atoms with E-state index >= 15 is 0 Å². The van der Waals surface area contributed by atoms with Gasteiger partial charge in [-0.15, -0.1) is 0 Å². The third-order valence-electron chi connectivity index (χ3n) is 3.06. The highest BCUT2D eigenvalue weighted by molar-refractivity contribution is 9.10. The SMILES string of the molecule is CCOc1c(Br)cc(/C=N/NC(=O)COc2ccccc2)cc1OC. The van der Waals surface area contributed by atoms with Gasteiger partial charge in [-0.05, 0) is 52.7 Å². The highest BCUT2D eigenvalue weighted by Gasteiger charge is 2.10. The fourth-order valence-corrected chi connectivity index (χ4v) is 2.55. The lowest BCUT2D eigenvalue weighted by molar-refractivity contribution is -0.123. The van der Waals surface area contributed by atoms with Crippen molar-refractivity contribution in [1.82, 2.24) is 5.43 Å². The lowest BCUT2D eigenvalue weighted by Crippen LogP contribution is -2.24. The molecule has 7 heteroatoms. The second-order valence-electron chi connectivity index (χ2n) is 4.86. The van der Waals surface area contributed by atoms with Gasteiger partial charge in [0.1, 0.15) is 5.75 Å². The maximum absolute atomic E-state index is 11.7. The van der Waals surface area contributed by atoms with E-state index in [9.17, 15) is 4.79 Å². The van der Waals surface area contributed by atoms with Crippen LogP contribution in [0.3, 0.4) is 0 Å². The smallest absolute Gasteiger partial charge is 0.277 e. The Morgan fingerprint density at radius 3 is 2.68 bits per heavy atom. The van der Waals surface area contributed by atoms with Gasteiger partial charge in [0.2, 0.25) is 0 Å². The largest absolute Gasteiger partial charge is 0.493 e. The number of nitrogens with zero attached hydrogens (tertiary/aromatic N) is 1. The van der Waals surface area contributed by atoms with Crippen LogP contribution in [0.25, 0.3) is 0 Å². The van der Waals surface area contributed by atoms with Crippen molar-refractivity contribution in [2.45, 2.75) is 6.92 Å². The van der Waals surface area contributed by atoms with Crippen molar-refractivity contribution in [3.8, 4) is 17.2 Å². The summed E-state index contributed by atoms with van der Waals surface area (Å²) < 4.78 is 16.9.